The van der Waals surface area contributed by atoms with Gasteiger partial charge in [-0.05, 0) is 23.8 Å². The van der Waals surface area contributed by atoms with Crippen LogP contribution in [0.5, 0.6) is 0 Å². The lowest BCUT2D eigenvalue weighted by molar-refractivity contribution is 1.04. The Balaban J connectivity index is 2.37. The van der Waals surface area contributed by atoms with E-state index in [2.05, 4.69) is 16.0 Å². The van der Waals surface area contributed by atoms with Crippen LogP contribution in [0.25, 0.3) is 0 Å². The minimum Gasteiger partial charge on any atom is -0.344 e. The Morgan fingerprint density at radius 1 is 1.12 bits per heavy atom. The summed E-state index contributed by atoms with van der Waals surface area (Å²) in [5.74, 6) is 0. The number of nitrogens with two attached hydrogens (primary N) is 1. The van der Waals surface area contributed by atoms with Gasteiger partial charge in [0.1, 0.15) is 0 Å². The lowest BCUT2D eigenvalue weighted by Gasteiger charge is -2.21. The zero-order valence-electron chi connectivity index (χ0n) is 9.30. The summed E-state index contributed by atoms with van der Waals surface area (Å²) in [6.45, 7) is 0.547. The van der Waals surface area contributed by atoms with Crippen LogP contribution in [-0.4, -0.2) is 12.0 Å². The molecule has 0 aliphatic carbocycles. The van der Waals surface area contributed by atoms with Gasteiger partial charge in [0, 0.05) is 37.4 Å². The van der Waals surface area contributed by atoms with Crippen LogP contribution in [-0.2, 0) is 6.54 Å². The zero-order chi connectivity index (χ0) is 11.4. The van der Waals surface area contributed by atoms with Gasteiger partial charge in [0.25, 0.3) is 0 Å². The van der Waals surface area contributed by atoms with Gasteiger partial charge in [-0.25, -0.2) is 0 Å². The second-order valence-corrected chi connectivity index (χ2v) is 3.60. The summed E-state index contributed by atoms with van der Waals surface area (Å²) in [5, 5.41) is 0. The van der Waals surface area contributed by atoms with Crippen molar-refractivity contribution in [2.24, 2.45) is 5.73 Å². The Kier molecular flexibility index (Phi) is 3.17. The molecule has 2 aromatic rings. The first-order chi connectivity index (χ1) is 7.83. The molecule has 2 N–H and O–H groups in total. The number of pyridine rings is 1. The molecule has 0 saturated carbocycles. The first kappa shape index (κ1) is 10.6. The van der Waals surface area contributed by atoms with Gasteiger partial charge in [-0.2, -0.15) is 0 Å². The number of anilines is 2. The number of rotatable bonds is 3. The Hall–Kier alpha value is -1.87. The molecule has 0 saturated heterocycles. The van der Waals surface area contributed by atoms with E-state index >= 15 is 0 Å². The van der Waals surface area contributed by atoms with Crippen LogP contribution < -0.4 is 10.6 Å². The molecule has 1 aromatic carbocycles. The van der Waals surface area contributed by atoms with E-state index in [-0.39, 0.29) is 0 Å². The van der Waals surface area contributed by atoms with Crippen molar-refractivity contribution in [3.05, 3.63) is 54.4 Å². The standard InChI is InChI=1S/C13H15N3/c1-16(12-6-8-15-9-7-12)13-5-3-2-4-11(13)10-14/h2-9H,10,14H2,1H3. The van der Waals surface area contributed by atoms with Gasteiger partial charge < -0.3 is 10.6 Å². The highest BCUT2D eigenvalue weighted by atomic mass is 15.1. The van der Waals surface area contributed by atoms with Crippen molar-refractivity contribution < 1.29 is 0 Å². The number of hydrogen-bond acceptors (Lipinski definition) is 3. The van der Waals surface area contributed by atoms with Crippen molar-refractivity contribution in [3.8, 4) is 0 Å². The normalized spacial score (nSPS) is 10.1. The van der Waals surface area contributed by atoms with E-state index < -0.39 is 0 Å². The predicted octanol–water partition coefficient (Wildman–Crippen LogP) is 2.31. The van der Waals surface area contributed by atoms with E-state index in [1.54, 1.807) is 12.4 Å². The van der Waals surface area contributed by atoms with Gasteiger partial charge in [-0.3, -0.25) is 4.98 Å². The second-order valence-electron chi connectivity index (χ2n) is 3.60. The molecule has 0 amide bonds. The van der Waals surface area contributed by atoms with E-state index in [1.807, 2.05) is 37.4 Å². The number of para-hydroxylation sites is 1. The first-order valence-electron chi connectivity index (χ1n) is 5.24. The van der Waals surface area contributed by atoms with E-state index in [0.717, 1.165) is 16.9 Å². The average Bonchev–Trinajstić information content (AvgIpc) is 2.39. The van der Waals surface area contributed by atoms with Crippen LogP contribution in [0.4, 0.5) is 11.4 Å². The molecule has 16 heavy (non-hydrogen) atoms. The van der Waals surface area contributed by atoms with Crippen molar-refractivity contribution in [2.75, 3.05) is 11.9 Å². The average molecular weight is 213 g/mol. The summed E-state index contributed by atoms with van der Waals surface area (Å²) < 4.78 is 0. The fraction of sp³-hybridized carbons (Fsp3) is 0.154. The van der Waals surface area contributed by atoms with Gasteiger partial charge in [-0.15, -0.1) is 0 Å². The molecule has 1 heterocycles. The molecular weight excluding hydrogens is 198 g/mol. The largest absolute Gasteiger partial charge is 0.344 e. The van der Waals surface area contributed by atoms with Gasteiger partial charge in [0.2, 0.25) is 0 Å². The lowest BCUT2D eigenvalue weighted by atomic mass is 10.1. The van der Waals surface area contributed by atoms with Crippen molar-refractivity contribution in [1.82, 2.24) is 4.98 Å². The van der Waals surface area contributed by atoms with Crippen LogP contribution in [0.1, 0.15) is 5.56 Å². The molecule has 0 bridgehead atoms. The number of benzene rings is 1. The minimum absolute atomic E-state index is 0.547. The van der Waals surface area contributed by atoms with Gasteiger partial charge in [0.05, 0.1) is 0 Å². The summed E-state index contributed by atoms with van der Waals surface area (Å²) in [6.07, 6.45) is 3.58. The smallest absolute Gasteiger partial charge is 0.0453 e. The van der Waals surface area contributed by atoms with Crippen LogP contribution >= 0.6 is 0 Å². The van der Waals surface area contributed by atoms with Crippen molar-refractivity contribution in [1.29, 1.82) is 0 Å². The second kappa shape index (κ2) is 4.77. The lowest BCUT2D eigenvalue weighted by Crippen LogP contribution is -2.13. The Morgan fingerprint density at radius 3 is 2.50 bits per heavy atom. The monoisotopic (exact) mass is 213 g/mol. The topological polar surface area (TPSA) is 42.2 Å². The van der Waals surface area contributed by atoms with Crippen LogP contribution in [0.3, 0.4) is 0 Å². The van der Waals surface area contributed by atoms with Crippen molar-refractivity contribution in [3.63, 3.8) is 0 Å². The third kappa shape index (κ3) is 2.04. The minimum atomic E-state index is 0.547. The quantitative estimate of drug-likeness (QED) is 0.850. The molecule has 3 nitrogen and oxygen atoms in total. The van der Waals surface area contributed by atoms with E-state index in [4.69, 9.17) is 5.73 Å². The zero-order valence-corrected chi connectivity index (χ0v) is 9.30. The molecule has 0 spiro atoms. The van der Waals surface area contributed by atoms with Crippen LogP contribution in [0.2, 0.25) is 0 Å². The fourth-order valence-electron chi connectivity index (χ4n) is 1.72. The molecule has 3 heteroatoms. The third-order valence-corrected chi connectivity index (χ3v) is 2.62. The van der Waals surface area contributed by atoms with Crippen LogP contribution in [0.15, 0.2) is 48.8 Å². The highest BCUT2D eigenvalue weighted by Crippen LogP contribution is 2.25. The summed E-state index contributed by atoms with van der Waals surface area (Å²) in [7, 11) is 2.03. The highest BCUT2D eigenvalue weighted by Gasteiger charge is 2.06. The maximum absolute atomic E-state index is 5.73. The van der Waals surface area contributed by atoms with E-state index in [0.29, 0.717) is 6.54 Å². The molecule has 2 rings (SSSR count). The van der Waals surface area contributed by atoms with Crippen LogP contribution in [0, 0.1) is 0 Å². The molecule has 0 radical (unpaired) electrons. The van der Waals surface area contributed by atoms with E-state index in [1.165, 1.54) is 0 Å². The van der Waals surface area contributed by atoms with Gasteiger partial charge >= 0.3 is 0 Å². The van der Waals surface area contributed by atoms with Crippen molar-refractivity contribution in [2.45, 2.75) is 6.54 Å². The van der Waals surface area contributed by atoms with Gasteiger partial charge in [-0.1, -0.05) is 18.2 Å². The molecule has 1 aromatic heterocycles. The first-order valence-corrected chi connectivity index (χ1v) is 5.24. The molecule has 0 atom stereocenters. The maximum atomic E-state index is 5.73. The number of aromatic nitrogens is 1. The molecule has 0 unspecified atom stereocenters. The Morgan fingerprint density at radius 2 is 1.81 bits per heavy atom. The number of nitrogens with zero attached hydrogens (tertiary/aromatic N) is 2. The summed E-state index contributed by atoms with van der Waals surface area (Å²) in [5.41, 5.74) is 9.11. The van der Waals surface area contributed by atoms with E-state index in [9.17, 15) is 0 Å². The highest BCUT2D eigenvalue weighted by molar-refractivity contribution is 5.65. The van der Waals surface area contributed by atoms with Gasteiger partial charge in [0.15, 0.2) is 0 Å². The third-order valence-electron chi connectivity index (χ3n) is 2.62. The maximum Gasteiger partial charge on any atom is 0.0453 e. The molecule has 0 fully saturated rings. The summed E-state index contributed by atoms with van der Waals surface area (Å²) >= 11 is 0. The molecule has 0 aliphatic heterocycles. The van der Waals surface area contributed by atoms with Crippen molar-refractivity contribution >= 4 is 11.4 Å². The fourth-order valence-corrected chi connectivity index (χ4v) is 1.72. The predicted molar refractivity (Wildman–Crippen MR) is 66.6 cm³/mol. The summed E-state index contributed by atoms with van der Waals surface area (Å²) in [4.78, 5) is 6.13. The molecule has 0 aliphatic rings. The summed E-state index contributed by atoms with van der Waals surface area (Å²) in [6, 6.07) is 12.1. The number of hydrogen-bond donors (Lipinski definition) is 1. The SMILES string of the molecule is CN(c1ccncc1)c1ccccc1CN. The Bertz CT molecular complexity index is 454. The Labute approximate surface area is 95.5 Å². The molecule has 82 valence electrons. The molecular formula is C13H15N3.